The number of ether oxygens (including phenoxy) is 1. The van der Waals surface area contributed by atoms with E-state index in [1.54, 1.807) is 19.1 Å². The van der Waals surface area contributed by atoms with E-state index in [0.29, 0.717) is 22.8 Å². The molecule has 0 aromatic heterocycles. The van der Waals surface area contributed by atoms with Gasteiger partial charge in [-0.2, -0.15) is 0 Å². The molecular weight excluding hydrogens is 331 g/mol. The van der Waals surface area contributed by atoms with Gasteiger partial charge in [0.15, 0.2) is 5.17 Å². The van der Waals surface area contributed by atoms with Gasteiger partial charge in [0.25, 0.3) is 0 Å². The lowest BCUT2D eigenvalue weighted by Crippen LogP contribution is -2.40. The van der Waals surface area contributed by atoms with E-state index in [1.165, 1.54) is 35.9 Å². The Morgan fingerprint density at radius 3 is 2.83 bits per heavy atom. The van der Waals surface area contributed by atoms with Crippen LogP contribution >= 0.6 is 11.8 Å². The molecule has 0 bridgehead atoms. The van der Waals surface area contributed by atoms with Gasteiger partial charge in [0.05, 0.1) is 29.7 Å². The van der Waals surface area contributed by atoms with E-state index in [2.05, 4.69) is 4.99 Å². The number of thioether (sulfide) groups is 1. The van der Waals surface area contributed by atoms with E-state index in [1.807, 2.05) is 6.92 Å². The summed E-state index contributed by atoms with van der Waals surface area (Å²) in [7, 11) is 1.28. The van der Waals surface area contributed by atoms with Gasteiger partial charge in [-0.25, -0.2) is 14.2 Å². The maximum atomic E-state index is 13.7. The second-order valence-electron chi connectivity index (χ2n) is 5.57. The van der Waals surface area contributed by atoms with Crippen LogP contribution in [0.4, 0.5) is 4.39 Å². The molecule has 24 heavy (non-hydrogen) atoms. The van der Waals surface area contributed by atoms with Gasteiger partial charge in [0.2, 0.25) is 5.91 Å². The fourth-order valence-corrected chi connectivity index (χ4v) is 4.09. The molecule has 126 valence electrons. The number of rotatable bonds is 3. The summed E-state index contributed by atoms with van der Waals surface area (Å²) in [5.41, 5.74) is 1.27. The maximum Gasteiger partial charge on any atom is 0.338 e. The molecule has 5 nitrogen and oxygen atoms in total. The number of carbonyl (C=O) groups excluding carboxylic acids is 2. The van der Waals surface area contributed by atoms with Crippen LogP contribution in [0.15, 0.2) is 40.5 Å². The van der Waals surface area contributed by atoms with Crippen LogP contribution in [0.25, 0.3) is 0 Å². The van der Waals surface area contributed by atoms with Gasteiger partial charge in [0, 0.05) is 0 Å². The van der Waals surface area contributed by atoms with Gasteiger partial charge in [-0.05, 0) is 31.0 Å². The van der Waals surface area contributed by atoms with E-state index in [-0.39, 0.29) is 16.7 Å². The van der Waals surface area contributed by atoms with Crippen LogP contribution < -0.4 is 0 Å². The average molecular weight is 348 g/mol. The normalized spacial score (nSPS) is 23.2. The molecule has 1 fully saturated rings. The Morgan fingerprint density at radius 2 is 2.21 bits per heavy atom. The van der Waals surface area contributed by atoms with Gasteiger partial charge in [-0.1, -0.05) is 30.8 Å². The number of amidine groups is 1. The molecule has 0 spiro atoms. The van der Waals surface area contributed by atoms with E-state index in [0.717, 1.165) is 0 Å². The summed E-state index contributed by atoms with van der Waals surface area (Å²) in [4.78, 5) is 31.0. The molecular formula is C17H17FN2O3S. The highest BCUT2D eigenvalue weighted by Gasteiger charge is 2.47. The number of aliphatic imine (C=N–C) groups is 1. The van der Waals surface area contributed by atoms with E-state index in [4.69, 9.17) is 4.74 Å². The summed E-state index contributed by atoms with van der Waals surface area (Å²) >= 11 is 1.38. The van der Waals surface area contributed by atoms with Crippen molar-refractivity contribution >= 4 is 28.8 Å². The molecule has 2 heterocycles. The maximum absolute atomic E-state index is 13.7. The lowest BCUT2D eigenvalue weighted by Gasteiger charge is -2.32. The number of methoxy groups -OCH3 is 1. The van der Waals surface area contributed by atoms with Crippen molar-refractivity contribution in [2.75, 3.05) is 7.11 Å². The first-order valence-electron chi connectivity index (χ1n) is 7.60. The number of benzene rings is 1. The predicted molar refractivity (Wildman–Crippen MR) is 89.8 cm³/mol. The minimum absolute atomic E-state index is 0.121. The molecule has 3 rings (SSSR count). The van der Waals surface area contributed by atoms with Crippen LogP contribution in [0, 0.1) is 5.82 Å². The van der Waals surface area contributed by atoms with Crippen molar-refractivity contribution < 1.29 is 18.7 Å². The topological polar surface area (TPSA) is 59.0 Å². The molecule has 2 atom stereocenters. The number of allylic oxidation sites excluding steroid dienone is 1. The summed E-state index contributed by atoms with van der Waals surface area (Å²) in [6, 6.07) is 5.19. The quantitative estimate of drug-likeness (QED) is 0.788. The van der Waals surface area contributed by atoms with Crippen LogP contribution in [0.2, 0.25) is 0 Å². The number of halogens is 1. The van der Waals surface area contributed by atoms with Crippen molar-refractivity contribution in [2.45, 2.75) is 31.6 Å². The Bertz CT molecular complexity index is 775. The number of carbonyl (C=O) groups is 2. The minimum Gasteiger partial charge on any atom is -0.466 e. The van der Waals surface area contributed by atoms with Crippen LogP contribution in [0.1, 0.15) is 31.9 Å². The van der Waals surface area contributed by atoms with Crippen LogP contribution in [-0.2, 0) is 14.3 Å². The van der Waals surface area contributed by atoms with Crippen molar-refractivity contribution in [1.82, 2.24) is 4.90 Å². The number of hydrogen-bond acceptors (Lipinski definition) is 5. The third-order valence-electron chi connectivity index (χ3n) is 4.09. The molecule has 0 radical (unpaired) electrons. The van der Waals surface area contributed by atoms with Crippen LogP contribution in [-0.4, -0.2) is 34.3 Å². The monoisotopic (exact) mass is 348 g/mol. The Kier molecular flexibility index (Phi) is 4.45. The number of fused-ring (bicyclic) bond motifs is 1. The summed E-state index contributed by atoms with van der Waals surface area (Å²) < 4.78 is 18.6. The molecule has 0 unspecified atom stereocenters. The molecule has 1 aromatic rings. The second kappa shape index (κ2) is 6.39. The van der Waals surface area contributed by atoms with E-state index < -0.39 is 17.8 Å². The molecule has 7 heteroatoms. The van der Waals surface area contributed by atoms with E-state index in [9.17, 15) is 14.0 Å². The fourth-order valence-electron chi connectivity index (χ4n) is 2.95. The number of nitrogens with zero attached hydrogens (tertiary/aromatic N) is 2. The summed E-state index contributed by atoms with van der Waals surface area (Å²) in [6.45, 7) is 3.63. The molecule has 0 aliphatic carbocycles. The van der Waals surface area contributed by atoms with Crippen molar-refractivity contribution in [2.24, 2.45) is 4.99 Å². The van der Waals surface area contributed by atoms with Crippen LogP contribution in [0.5, 0.6) is 0 Å². The van der Waals surface area contributed by atoms with E-state index >= 15 is 0 Å². The third-order valence-corrected chi connectivity index (χ3v) is 5.41. The molecule has 0 saturated carbocycles. The Morgan fingerprint density at radius 1 is 1.46 bits per heavy atom. The minimum atomic E-state index is -0.725. The first-order valence-corrected chi connectivity index (χ1v) is 8.48. The number of amides is 1. The van der Waals surface area contributed by atoms with Gasteiger partial charge in [-0.15, -0.1) is 0 Å². The van der Waals surface area contributed by atoms with Crippen molar-refractivity contribution in [1.29, 1.82) is 0 Å². The number of esters is 1. The molecule has 1 aromatic carbocycles. The van der Waals surface area contributed by atoms with Gasteiger partial charge in [-0.3, -0.25) is 9.69 Å². The average Bonchev–Trinajstić information content (AvgIpc) is 2.88. The Balaban J connectivity index is 2.17. The van der Waals surface area contributed by atoms with Gasteiger partial charge >= 0.3 is 5.97 Å². The number of hydrogen-bond donors (Lipinski definition) is 0. The zero-order valence-corrected chi connectivity index (χ0v) is 14.4. The largest absolute Gasteiger partial charge is 0.466 e. The standard InChI is InChI=1S/C17H17FN2O3S/c1-4-12-15(21)20-14(10-6-5-7-11(18)8-10)13(16(22)23-3)9(2)19-17(20)24-12/h5-8,12,14H,4H2,1-3H3/t12-,14-/m1/s1. The predicted octanol–water partition coefficient (Wildman–Crippen LogP) is 3.04. The van der Waals surface area contributed by atoms with Crippen molar-refractivity contribution in [3.05, 3.63) is 46.9 Å². The van der Waals surface area contributed by atoms with Crippen molar-refractivity contribution in [3.63, 3.8) is 0 Å². The highest BCUT2D eigenvalue weighted by atomic mass is 32.2. The van der Waals surface area contributed by atoms with Gasteiger partial charge in [0.1, 0.15) is 5.82 Å². The SMILES string of the molecule is CC[C@H]1SC2=NC(C)=C(C(=O)OC)[C@@H](c3cccc(F)c3)N2C1=O. The highest BCUT2D eigenvalue weighted by molar-refractivity contribution is 8.15. The Hall–Kier alpha value is -2.15. The first kappa shape index (κ1) is 16.7. The molecule has 1 amide bonds. The smallest absolute Gasteiger partial charge is 0.338 e. The highest BCUT2D eigenvalue weighted by Crippen LogP contribution is 2.43. The lowest BCUT2D eigenvalue weighted by atomic mass is 9.94. The first-order chi connectivity index (χ1) is 11.5. The summed E-state index contributed by atoms with van der Waals surface area (Å²) in [5, 5.41) is 0.302. The Labute approximate surface area is 143 Å². The lowest BCUT2D eigenvalue weighted by molar-refractivity contribution is -0.137. The molecule has 0 N–H and O–H groups in total. The molecule has 1 saturated heterocycles. The van der Waals surface area contributed by atoms with Crippen LogP contribution in [0.3, 0.4) is 0 Å². The fraction of sp³-hybridized carbons (Fsp3) is 0.353. The molecule has 2 aliphatic rings. The third kappa shape index (κ3) is 2.62. The van der Waals surface area contributed by atoms with Crippen molar-refractivity contribution in [3.8, 4) is 0 Å². The second-order valence-corrected chi connectivity index (χ2v) is 6.74. The summed E-state index contributed by atoms with van der Waals surface area (Å²) in [6.07, 6.45) is 0.654. The molecule has 2 aliphatic heterocycles. The van der Waals surface area contributed by atoms with Gasteiger partial charge < -0.3 is 4.74 Å². The zero-order chi connectivity index (χ0) is 17.4. The zero-order valence-electron chi connectivity index (χ0n) is 13.6. The summed E-state index contributed by atoms with van der Waals surface area (Å²) in [5.74, 6) is -1.11.